The Morgan fingerprint density at radius 1 is 1.48 bits per heavy atom. The number of rotatable bonds is 4. The fraction of sp³-hybridized carbons (Fsp3) is 0.412. The van der Waals surface area contributed by atoms with Crippen molar-refractivity contribution >= 4 is 17.3 Å². The molecule has 1 saturated heterocycles. The van der Waals surface area contributed by atoms with E-state index in [1.165, 1.54) is 0 Å². The third-order valence-electron chi connectivity index (χ3n) is 3.81. The molecule has 1 atom stereocenters. The zero-order valence-electron chi connectivity index (χ0n) is 13.2. The first-order valence-corrected chi connectivity index (χ1v) is 8.48. The van der Waals surface area contributed by atoms with Gasteiger partial charge in [-0.1, -0.05) is 6.07 Å². The fourth-order valence-corrected chi connectivity index (χ4v) is 3.55. The van der Waals surface area contributed by atoms with E-state index in [0.29, 0.717) is 19.6 Å². The predicted octanol–water partition coefficient (Wildman–Crippen LogP) is 2.87. The smallest absolute Gasteiger partial charge is 0.334 e. The van der Waals surface area contributed by atoms with Gasteiger partial charge < -0.3 is 9.84 Å². The number of nitrogens with zero attached hydrogens (tertiary/aromatic N) is 2. The number of pyridine rings is 1. The Hall–Kier alpha value is -1.76. The van der Waals surface area contributed by atoms with Crippen LogP contribution in [0.4, 0.5) is 0 Å². The largest absolute Gasteiger partial charge is 0.479 e. The number of carboxylic acid groups (broad SMARTS) is 1. The maximum Gasteiger partial charge on any atom is 0.334 e. The lowest BCUT2D eigenvalue weighted by molar-refractivity contribution is -0.178. The number of morpholine rings is 1. The molecule has 2 aromatic rings. The van der Waals surface area contributed by atoms with Crippen molar-refractivity contribution in [2.24, 2.45) is 0 Å². The van der Waals surface area contributed by atoms with Crippen LogP contribution in [0.25, 0.3) is 11.3 Å². The summed E-state index contributed by atoms with van der Waals surface area (Å²) in [4.78, 5) is 17.9. The molecule has 0 amide bonds. The number of hydrogen-bond acceptors (Lipinski definition) is 5. The van der Waals surface area contributed by atoms with Crippen LogP contribution in [0.1, 0.15) is 19.4 Å². The molecule has 23 heavy (non-hydrogen) atoms. The van der Waals surface area contributed by atoms with Gasteiger partial charge in [0, 0.05) is 36.8 Å². The molecular formula is C17H20N2O3S. The van der Waals surface area contributed by atoms with Crippen LogP contribution in [-0.2, 0) is 16.1 Å². The average Bonchev–Trinajstić information content (AvgIpc) is 3.00. The number of aromatic nitrogens is 1. The summed E-state index contributed by atoms with van der Waals surface area (Å²) in [5.41, 5.74) is 2.69. The summed E-state index contributed by atoms with van der Waals surface area (Å²) < 4.78 is 5.62. The van der Waals surface area contributed by atoms with Crippen molar-refractivity contribution < 1.29 is 14.6 Å². The minimum atomic E-state index is -0.909. The molecule has 0 saturated carbocycles. The third-order valence-corrected chi connectivity index (χ3v) is 4.50. The molecule has 1 N–H and O–H groups in total. The standard InChI is InChI=1S/C17H20N2O3S/c1-17(2)11-19(9-15(22-17)16(20)21)8-12-3-4-14(18-7-12)13-5-6-23-10-13/h3-7,10,15H,8-9,11H2,1-2H3,(H,20,21). The minimum Gasteiger partial charge on any atom is -0.479 e. The van der Waals surface area contributed by atoms with Crippen LogP contribution in [0.15, 0.2) is 35.2 Å². The van der Waals surface area contributed by atoms with Crippen LogP contribution in [-0.4, -0.2) is 45.8 Å². The number of thiophene rings is 1. The van der Waals surface area contributed by atoms with Crippen molar-refractivity contribution in [3.63, 3.8) is 0 Å². The quantitative estimate of drug-likeness (QED) is 0.933. The van der Waals surface area contributed by atoms with Gasteiger partial charge in [-0.3, -0.25) is 9.88 Å². The Labute approximate surface area is 139 Å². The summed E-state index contributed by atoms with van der Waals surface area (Å²) in [6.07, 6.45) is 1.09. The van der Waals surface area contributed by atoms with Crippen LogP contribution >= 0.6 is 11.3 Å². The maximum atomic E-state index is 11.3. The van der Waals surface area contributed by atoms with E-state index in [9.17, 15) is 9.90 Å². The lowest BCUT2D eigenvalue weighted by atomic mass is 10.0. The van der Waals surface area contributed by atoms with Crippen molar-refractivity contribution in [1.29, 1.82) is 0 Å². The lowest BCUT2D eigenvalue weighted by Crippen LogP contribution is -2.54. The Morgan fingerprint density at radius 2 is 2.30 bits per heavy atom. The van der Waals surface area contributed by atoms with E-state index in [1.54, 1.807) is 11.3 Å². The van der Waals surface area contributed by atoms with Crippen LogP contribution in [0.2, 0.25) is 0 Å². The van der Waals surface area contributed by atoms with Gasteiger partial charge in [-0.25, -0.2) is 4.79 Å². The van der Waals surface area contributed by atoms with Crippen molar-refractivity contribution in [2.75, 3.05) is 13.1 Å². The second kappa shape index (κ2) is 6.39. The van der Waals surface area contributed by atoms with Crippen LogP contribution in [0, 0.1) is 0 Å². The molecule has 0 spiro atoms. The number of ether oxygens (including phenoxy) is 1. The molecule has 0 bridgehead atoms. The Kier molecular flexibility index (Phi) is 4.48. The molecule has 0 aliphatic carbocycles. The maximum absolute atomic E-state index is 11.3. The average molecular weight is 332 g/mol. The summed E-state index contributed by atoms with van der Waals surface area (Å²) in [6, 6.07) is 6.12. The van der Waals surface area contributed by atoms with E-state index >= 15 is 0 Å². The molecule has 1 aliphatic heterocycles. The van der Waals surface area contributed by atoms with Crippen molar-refractivity contribution in [2.45, 2.75) is 32.1 Å². The van der Waals surface area contributed by atoms with Crippen molar-refractivity contribution in [1.82, 2.24) is 9.88 Å². The second-order valence-corrected chi connectivity index (χ2v) is 7.22. The zero-order valence-corrected chi connectivity index (χ0v) is 14.0. The van der Waals surface area contributed by atoms with Gasteiger partial charge in [0.1, 0.15) is 0 Å². The molecule has 1 unspecified atom stereocenters. The second-order valence-electron chi connectivity index (χ2n) is 6.44. The normalized spacial score (nSPS) is 21.2. The minimum absolute atomic E-state index is 0.394. The molecular weight excluding hydrogens is 312 g/mol. The van der Waals surface area contributed by atoms with Gasteiger partial charge in [-0.15, -0.1) is 0 Å². The molecule has 0 radical (unpaired) electrons. The van der Waals surface area contributed by atoms with E-state index in [2.05, 4.69) is 27.4 Å². The van der Waals surface area contributed by atoms with Gasteiger partial charge in [0.2, 0.25) is 0 Å². The number of hydrogen-bond donors (Lipinski definition) is 1. The Bertz CT molecular complexity index is 668. The topological polar surface area (TPSA) is 62.7 Å². The highest BCUT2D eigenvalue weighted by Crippen LogP contribution is 2.24. The van der Waals surface area contributed by atoms with E-state index in [-0.39, 0.29) is 0 Å². The van der Waals surface area contributed by atoms with Gasteiger partial charge >= 0.3 is 5.97 Å². The first-order chi connectivity index (χ1) is 10.9. The van der Waals surface area contributed by atoms with E-state index < -0.39 is 17.7 Å². The Morgan fingerprint density at radius 3 is 2.91 bits per heavy atom. The summed E-state index contributed by atoms with van der Waals surface area (Å²) in [6.45, 7) is 5.61. The van der Waals surface area contributed by atoms with Crippen molar-refractivity contribution in [3.05, 3.63) is 40.7 Å². The van der Waals surface area contributed by atoms with Gasteiger partial charge in [-0.05, 0) is 36.9 Å². The highest BCUT2D eigenvalue weighted by Gasteiger charge is 2.36. The number of carbonyl (C=O) groups is 1. The number of carboxylic acids is 1. The van der Waals surface area contributed by atoms with Gasteiger partial charge in [0.25, 0.3) is 0 Å². The third kappa shape index (κ3) is 3.96. The molecule has 1 aliphatic rings. The van der Waals surface area contributed by atoms with Gasteiger partial charge in [-0.2, -0.15) is 11.3 Å². The predicted molar refractivity (Wildman–Crippen MR) is 89.4 cm³/mol. The summed E-state index contributed by atoms with van der Waals surface area (Å²) >= 11 is 1.65. The molecule has 3 rings (SSSR count). The van der Waals surface area contributed by atoms with E-state index in [4.69, 9.17) is 4.74 Å². The van der Waals surface area contributed by atoms with Gasteiger partial charge in [0.05, 0.1) is 11.3 Å². The number of aliphatic carboxylic acids is 1. The summed E-state index contributed by atoms with van der Waals surface area (Å²) in [5.74, 6) is -0.909. The fourth-order valence-electron chi connectivity index (χ4n) is 2.90. The summed E-state index contributed by atoms with van der Waals surface area (Å²) in [7, 11) is 0. The highest BCUT2D eigenvalue weighted by atomic mass is 32.1. The molecule has 6 heteroatoms. The highest BCUT2D eigenvalue weighted by molar-refractivity contribution is 7.08. The van der Waals surface area contributed by atoms with Crippen LogP contribution < -0.4 is 0 Å². The first kappa shape index (κ1) is 16.1. The molecule has 3 heterocycles. The van der Waals surface area contributed by atoms with Crippen LogP contribution in [0.5, 0.6) is 0 Å². The molecule has 1 fully saturated rings. The lowest BCUT2D eigenvalue weighted by Gasteiger charge is -2.41. The molecule has 2 aromatic heterocycles. The van der Waals surface area contributed by atoms with E-state index in [1.807, 2.05) is 31.5 Å². The molecule has 122 valence electrons. The Balaban J connectivity index is 1.70. The zero-order chi connectivity index (χ0) is 16.4. The van der Waals surface area contributed by atoms with Gasteiger partial charge in [0.15, 0.2) is 6.10 Å². The summed E-state index contributed by atoms with van der Waals surface area (Å²) in [5, 5.41) is 13.3. The first-order valence-electron chi connectivity index (χ1n) is 7.53. The SMILES string of the molecule is CC1(C)CN(Cc2ccc(-c3ccsc3)nc2)CC(C(=O)O)O1. The molecule has 0 aromatic carbocycles. The monoisotopic (exact) mass is 332 g/mol. The van der Waals surface area contributed by atoms with Crippen molar-refractivity contribution in [3.8, 4) is 11.3 Å². The molecule has 5 nitrogen and oxygen atoms in total. The van der Waals surface area contributed by atoms with Crippen LogP contribution in [0.3, 0.4) is 0 Å². The van der Waals surface area contributed by atoms with E-state index in [0.717, 1.165) is 16.8 Å².